The van der Waals surface area contributed by atoms with Crippen LogP contribution in [0.5, 0.6) is 0 Å². The summed E-state index contributed by atoms with van der Waals surface area (Å²) in [5, 5.41) is 3.37. The molecule has 1 aromatic carbocycles. The molecule has 0 saturated carbocycles. The summed E-state index contributed by atoms with van der Waals surface area (Å²) >= 11 is 0. The van der Waals surface area contributed by atoms with Crippen LogP contribution in [0.4, 0.5) is 0 Å². The lowest BCUT2D eigenvalue weighted by atomic mass is 10.0. The molecule has 0 aliphatic carbocycles. The molecule has 19 heavy (non-hydrogen) atoms. The van der Waals surface area contributed by atoms with Crippen molar-refractivity contribution in [1.82, 2.24) is 5.32 Å². The molecule has 1 N–H and O–H groups in total. The van der Waals surface area contributed by atoms with Gasteiger partial charge in [0.25, 0.3) is 0 Å². The Hall–Kier alpha value is -0.900. The molecule has 0 amide bonds. The predicted octanol–water partition coefficient (Wildman–Crippen LogP) is 2.65. The number of hydrogen-bond acceptors (Lipinski definition) is 3. The van der Waals surface area contributed by atoms with Gasteiger partial charge in [0.2, 0.25) is 0 Å². The van der Waals surface area contributed by atoms with Crippen LogP contribution in [0.1, 0.15) is 24.8 Å². The quantitative estimate of drug-likeness (QED) is 0.624. The van der Waals surface area contributed by atoms with Crippen molar-refractivity contribution in [2.45, 2.75) is 31.7 Å². The Morgan fingerprint density at radius 2 is 1.84 bits per heavy atom. The Labute approximate surface area is 117 Å². The van der Waals surface area contributed by atoms with Gasteiger partial charge in [0.15, 0.2) is 0 Å². The van der Waals surface area contributed by atoms with Crippen LogP contribution in [0, 0.1) is 0 Å². The summed E-state index contributed by atoms with van der Waals surface area (Å²) in [6.45, 7) is 2.18. The van der Waals surface area contributed by atoms with Gasteiger partial charge in [-0.25, -0.2) is 0 Å². The van der Waals surface area contributed by atoms with E-state index in [2.05, 4.69) is 35.6 Å². The maximum Gasteiger partial charge on any atom is 0.0700 e. The number of methoxy groups -OCH3 is 1. The highest BCUT2D eigenvalue weighted by atomic mass is 16.5. The van der Waals surface area contributed by atoms with Crippen molar-refractivity contribution in [2.24, 2.45) is 0 Å². The second-order valence-electron chi connectivity index (χ2n) is 4.76. The Morgan fingerprint density at radius 3 is 2.53 bits per heavy atom. The van der Waals surface area contributed by atoms with Gasteiger partial charge in [-0.05, 0) is 38.3 Å². The fourth-order valence-electron chi connectivity index (χ4n) is 2.10. The standard InChI is InChI=1S/C16H27NO2/c1-17-16(11-12-19-14-13-18-2)10-6-9-15-7-4-3-5-8-15/h3-5,7-8,16-17H,6,9-14H2,1-2H3. The van der Waals surface area contributed by atoms with Crippen molar-refractivity contribution < 1.29 is 9.47 Å². The minimum absolute atomic E-state index is 0.547. The molecule has 3 heteroatoms. The van der Waals surface area contributed by atoms with Crippen LogP contribution in [-0.2, 0) is 15.9 Å². The van der Waals surface area contributed by atoms with Crippen molar-refractivity contribution in [2.75, 3.05) is 34.0 Å². The van der Waals surface area contributed by atoms with E-state index in [4.69, 9.17) is 9.47 Å². The Kier molecular flexibility index (Phi) is 9.33. The highest BCUT2D eigenvalue weighted by Gasteiger charge is 2.05. The number of ether oxygens (including phenoxy) is 2. The van der Waals surface area contributed by atoms with E-state index >= 15 is 0 Å². The molecule has 0 heterocycles. The number of nitrogens with one attached hydrogen (secondary N) is 1. The Balaban J connectivity index is 2.08. The fraction of sp³-hybridized carbons (Fsp3) is 0.625. The lowest BCUT2D eigenvalue weighted by Crippen LogP contribution is -2.27. The van der Waals surface area contributed by atoms with E-state index in [9.17, 15) is 0 Å². The molecule has 108 valence electrons. The first-order valence-corrected chi connectivity index (χ1v) is 7.14. The van der Waals surface area contributed by atoms with E-state index in [0.717, 1.165) is 19.4 Å². The van der Waals surface area contributed by atoms with E-state index in [1.54, 1.807) is 7.11 Å². The van der Waals surface area contributed by atoms with Gasteiger partial charge in [0, 0.05) is 19.8 Å². The van der Waals surface area contributed by atoms with Crippen molar-refractivity contribution in [3.05, 3.63) is 35.9 Å². The summed E-state index contributed by atoms with van der Waals surface area (Å²) < 4.78 is 10.5. The van der Waals surface area contributed by atoms with Crippen LogP contribution in [0.2, 0.25) is 0 Å². The van der Waals surface area contributed by atoms with Crippen LogP contribution in [-0.4, -0.2) is 40.0 Å². The molecule has 0 saturated heterocycles. The second-order valence-corrected chi connectivity index (χ2v) is 4.76. The summed E-state index contributed by atoms with van der Waals surface area (Å²) in [7, 11) is 3.73. The molecule has 0 aliphatic heterocycles. The Morgan fingerprint density at radius 1 is 1.05 bits per heavy atom. The van der Waals surface area contributed by atoms with Crippen molar-refractivity contribution in [3.63, 3.8) is 0 Å². The molecule has 3 nitrogen and oxygen atoms in total. The normalized spacial score (nSPS) is 12.5. The van der Waals surface area contributed by atoms with Gasteiger partial charge in [-0.15, -0.1) is 0 Å². The molecule has 0 radical (unpaired) electrons. The van der Waals surface area contributed by atoms with E-state index in [1.165, 1.54) is 18.4 Å². The third kappa shape index (κ3) is 7.98. The number of benzene rings is 1. The molecular weight excluding hydrogens is 238 g/mol. The molecule has 1 aromatic rings. The molecular formula is C16H27NO2. The average molecular weight is 265 g/mol. The molecule has 1 atom stereocenters. The summed E-state index contributed by atoms with van der Waals surface area (Å²) in [4.78, 5) is 0. The van der Waals surface area contributed by atoms with Gasteiger partial charge in [-0.3, -0.25) is 0 Å². The largest absolute Gasteiger partial charge is 0.382 e. The van der Waals surface area contributed by atoms with Gasteiger partial charge in [-0.2, -0.15) is 0 Å². The van der Waals surface area contributed by atoms with Gasteiger partial charge < -0.3 is 14.8 Å². The first-order chi connectivity index (χ1) is 9.36. The molecule has 0 fully saturated rings. The van der Waals surface area contributed by atoms with Crippen LogP contribution < -0.4 is 5.32 Å². The SMILES string of the molecule is CNC(CCCc1ccccc1)CCOCCOC. The van der Waals surface area contributed by atoms with E-state index < -0.39 is 0 Å². The fourth-order valence-corrected chi connectivity index (χ4v) is 2.10. The summed E-state index contributed by atoms with van der Waals surface area (Å²) in [6, 6.07) is 11.2. The van der Waals surface area contributed by atoms with Crippen LogP contribution in [0.15, 0.2) is 30.3 Å². The maximum absolute atomic E-state index is 5.51. The molecule has 1 unspecified atom stereocenters. The van der Waals surface area contributed by atoms with Gasteiger partial charge in [0.05, 0.1) is 13.2 Å². The highest BCUT2D eigenvalue weighted by molar-refractivity contribution is 5.14. The topological polar surface area (TPSA) is 30.5 Å². The van der Waals surface area contributed by atoms with Crippen molar-refractivity contribution in [3.8, 4) is 0 Å². The number of aryl methyl sites for hydroxylation is 1. The number of rotatable bonds is 11. The van der Waals surface area contributed by atoms with E-state index in [-0.39, 0.29) is 0 Å². The molecule has 0 spiro atoms. The smallest absolute Gasteiger partial charge is 0.0700 e. The zero-order valence-electron chi connectivity index (χ0n) is 12.2. The van der Waals surface area contributed by atoms with Crippen LogP contribution in [0.25, 0.3) is 0 Å². The van der Waals surface area contributed by atoms with Crippen LogP contribution >= 0.6 is 0 Å². The van der Waals surface area contributed by atoms with Crippen LogP contribution in [0.3, 0.4) is 0 Å². The van der Waals surface area contributed by atoms with Crippen molar-refractivity contribution >= 4 is 0 Å². The number of hydrogen-bond donors (Lipinski definition) is 1. The zero-order valence-corrected chi connectivity index (χ0v) is 12.2. The summed E-state index contributed by atoms with van der Waals surface area (Å²) in [6.07, 6.45) is 4.63. The first-order valence-electron chi connectivity index (χ1n) is 7.14. The first kappa shape index (κ1) is 16.2. The molecule has 0 aromatic heterocycles. The highest BCUT2D eigenvalue weighted by Crippen LogP contribution is 2.08. The van der Waals surface area contributed by atoms with E-state index in [0.29, 0.717) is 19.3 Å². The van der Waals surface area contributed by atoms with Gasteiger partial charge in [0.1, 0.15) is 0 Å². The minimum atomic E-state index is 0.547. The summed E-state index contributed by atoms with van der Waals surface area (Å²) in [5.41, 5.74) is 1.42. The lowest BCUT2D eigenvalue weighted by molar-refractivity contribution is 0.0657. The van der Waals surface area contributed by atoms with E-state index in [1.807, 2.05) is 7.05 Å². The average Bonchev–Trinajstić information content (AvgIpc) is 2.46. The molecule has 0 bridgehead atoms. The van der Waals surface area contributed by atoms with Gasteiger partial charge in [-0.1, -0.05) is 30.3 Å². The summed E-state index contributed by atoms with van der Waals surface area (Å²) in [5.74, 6) is 0. The zero-order chi connectivity index (χ0) is 13.8. The lowest BCUT2D eigenvalue weighted by Gasteiger charge is -2.16. The minimum Gasteiger partial charge on any atom is -0.382 e. The van der Waals surface area contributed by atoms with Crippen molar-refractivity contribution in [1.29, 1.82) is 0 Å². The Bertz CT molecular complexity index is 303. The third-order valence-electron chi connectivity index (χ3n) is 3.31. The van der Waals surface area contributed by atoms with Gasteiger partial charge >= 0.3 is 0 Å². The third-order valence-corrected chi connectivity index (χ3v) is 3.31. The molecule has 0 aliphatic rings. The maximum atomic E-state index is 5.51. The molecule has 1 rings (SSSR count). The monoisotopic (exact) mass is 265 g/mol. The second kappa shape index (κ2) is 11.0. The predicted molar refractivity (Wildman–Crippen MR) is 79.5 cm³/mol.